The summed E-state index contributed by atoms with van der Waals surface area (Å²) in [5.41, 5.74) is 5.01. The number of ether oxygens (including phenoxy) is 1. The second-order valence-corrected chi connectivity index (χ2v) is 7.85. The number of anilines is 1. The van der Waals surface area contributed by atoms with E-state index in [2.05, 4.69) is 54.2 Å². The van der Waals surface area contributed by atoms with Crippen LogP contribution in [0.15, 0.2) is 60.7 Å². The van der Waals surface area contributed by atoms with E-state index in [1.807, 2.05) is 19.2 Å². The molecule has 1 aliphatic rings. The highest BCUT2D eigenvalue weighted by Gasteiger charge is 2.18. The smallest absolute Gasteiger partial charge is 0.162 e. The lowest BCUT2D eigenvalue weighted by Crippen LogP contribution is -2.23. The average molecular weight is 396 g/mol. The second kappa shape index (κ2) is 9.70. The lowest BCUT2D eigenvalue weighted by Gasteiger charge is -2.23. The maximum Gasteiger partial charge on any atom is 0.162 e. The molecule has 2 heterocycles. The zero-order chi connectivity index (χ0) is 20.8. The zero-order valence-corrected chi connectivity index (χ0v) is 17.7. The van der Waals surface area contributed by atoms with E-state index in [-0.39, 0.29) is 5.82 Å². The molecular formula is C24H30FN3O. The highest BCUT2D eigenvalue weighted by atomic mass is 19.2. The van der Waals surface area contributed by atoms with Gasteiger partial charge in [0.15, 0.2) is 5.82 Å². The Kier molecular flexibility index (Phi) is 7.04. The van der Waals surface area contributed by atoms with E-state index in [0.717, 1.165) is 42.9 Å². The Morgan fingerprint density at radius 3 is 2.45 bits per heavy atom. The first-order chi connectivity index (χ1) is 13.9. The molecule has 0 amide bonds. The standard InChI is InChI=1S/C24H30FN3O/c1-18-5-8-23(9-6-18)20(3)14-27(16-22-11-12-29-17-22)15-21(4)28(25)24-10-7-19(2)13-26-24/h5-10,13-15,22H,11-12,16-17H2,1-4H3/b20-14+,21-15+. The van der Waals surface area contributed by atoms with Gasteiger partial charge in [-0.05, 0) is 56.9 Å². The van der Waals surface area contributed by atoms with E-state index in [0.29, 0.717) is 16.7 Å². The predicted molar refractivity (Wildman–Crippen MR) is 117 cm³/mol. The molecule has 5 heteroatoms. The van der Waals surface area contributed by atoms with E-state index < -0.39 is 0 Å². The first-order valence-electron chi connectivity index (χ1n) is 10.1. The Labute approximate surface area is 173 Å². The van der Waals surface area contributed by atoms with Crippen LogP contribution in [0, 0.1) is 19.8 Å². The number of benzene rings is 1. The third kappa shape index (κ3) is 5.91. The van der Waals surface area contributed by atoms with E-state index in [1.165, 1.54) is 5.56 Å². The quantitative estimate of drug-likeness (QED) is 0.567. The fourth-order valence-corrected chi connectivity index (χ4v) is 3.36. The SMILES string of the molecule is C/C(=C\N(/C=C(\C)N(F)c1ccc(C)cn1)CC1CCOC1)c1ccc(C)cc1. The first-order valence-corrected chi connectivity index (χ1v) is 10.1. The molecule has 1 aliphatic heterocycles. The minimum atomic E-state index is 0.285. The Balaban J connectivity index is 1.83. The van der Waals surface area contributed by atoms with Gasteiger partial charge in [0.1, 0.15) is 0 Å². The number of hydrogen-bond donors (Lipinski definition) is 0. The van der Waals surface area contributed by atoms with Crippen molar-refractivity contribution in [3.63, 3.8) is 0 Å². The molecule has 0 spiro atoms. The number of aromatic nitrogens is 1. The number of allylic oxidation sites excluding steroid dienone is 2. The van der Waals surface area contributed by atoms with Crippen molar-refractivity contribution in [3.8, 4) is 0 Å². The van der Waals surface area contributed by atoms with Gasteiger partial charge in [0.2, 0.25) is 0 Å². The molecular weight excluding hydrogens is 365 g/mol. The number of rotatable bonds is 7. The molecule has 0 radical (unpaired) electrons. The normalized spacial score (nSPS) is 17.5. The highest BCUT2D eigenvalue weighted by molar-refractivity contribution is 5.63. The third-order valence-electron chi connectivity index (χ3n) is 5.12. The summed E-state index contributed by atoms with van der Waals surface area (Å²) in [7, 11) is 0. The molecule has 4 nitrogen and oxygen atoms in total. The van der Waals surface area contributed by atoms with Crippen LogP contribution in [-0.4, -0.2) is 29.6 Å². The van der Waals surface area contributed by atoms with Crippen LogP contribution >= 0.6 is 0 Å². The van der Waals surface area contributed by atoms with E-state index in [1.54, 1.807) is 19.2 Å². The van der Waals surface area contributed by atoms with Gasteiger partial charge in [-0.3, -0.25) is 0 Å². The van der Waals surface area contributed by atoms with Crippen molar-refractivity contribution >= 4 is 11.4 Å². The number of halogens is 1. The molecule has 0 bridgehead atoms. The summed E-state index contributed by atoms with van der Waals surface area (Å²) in [4.78, 5) is 6.26. The summed E-state index contributed by atoms with van der Waals surface area (Å²) in [6.45, 7) is 10.2. The van der Waals surface area contributed by atoms with Gasteiger partial charge >= 0.3 is 0 Å². The monoisotopic (exact) mass is 395 g/mol. The molecule has 1 unspecified atom stereocenters. The van der Waals surface area contributed by atoms with Gasteiger partial charge in [-0.1, -0.05) is 40.4 Å². The van der Waals surface area contributed by atoms with Crippen LogP contribution in [0.3, 0.4) is 0 Å². The number of nitrogens with zero attached hydrogens (tertiary/aromatic N) is 3. The van der Waals surface area contributed by atoms with Gasteiger partial charge in [0.05, 0.1) is 12.3 Å². The van der Waals surface area contributed by atoms with Crippen molar-refractivity contribution in [2.75, 3.05) is 24.9 Å². The zero-order valence-electron chi connectivity index (χ0n) is 17.7. The maximum atomic E-state index is 14.9. The molecule has 1 aromatic heterocycles. The molecule has 1 aromatic carbocycles. The van der Waals surface area contributed by atoms with Crippen LogP contribution in [0.4, 0.5) is 10.3 Å². The fraction of sp³-hybridized carbons (Fsp3) is 0.375. The van der Waals surface area contributed by atoms with Gasteiger partial charge in [-0.15, -0.1) is 0 Å². The summed E-state index contributed by atoms with van der Waals surface area (Å²) in [5.74, 6) is 0.722. The van der Waals surface area contributed by atoms with Crippen molar-refractivity contribution < 1.29 is 9.22 Å². The number of pyridine rings is 1. The Morgan fingerprint density at radius 2 is 1.83 bits per heavy atom. The fourth-order valence-electron chi connectivity index (χ4n) is 3.36. The minimum Gasteiger partial charge on any atom is -0.381 e. The summed E-state index contributed by atoms with van der Waals surface area (Å²) in [5, 5.41) is 0.632. The third-order valence-corrected chi connectivity index (χ3v) is 5.12. The van der Waals surface area contributed by atoms with Crippen LogP contribution in [-0.2, 0) is 4.74 Å². The summed E-state index contributed by atoms with van der Waals surface area (Å²) >= 11 is 0. The van der Waals surface area contributed by atoms with Crippen LogP contribution < -0.4 is 5.12 Å². The molecule has 3 rings (SSSR count). The van der Waals surface area contributed by atoms with Crippen molar-refractivity contribution in [2.24, 2.45) is 5.92 Å². The van der Waals surface area contributed by atoms with Gasteiger partial charge in [0, 0.05) is 37.7 Å². The Hall–Kier alpha value is -2.66. The summed E-state index contributed by atoms with van der Waals surface area (Å²) in [6.07, 6.45) is 6.63. The van der Waals surface area contributed by atoms with Crippen molar-refractivity contribution in [3.05, 3.63) is 77.4 Å². The van der Waals surface area contributed by atoms with Crippen molar-refractivity contribution in [1.82, 2.24) is 9.88 Å². The summed E-state index contributed by atoms with van der Waals surface area (Å²) in [6, 6.07) is 12.0. The predicted octanol–water partition coefficient (Wildman–Crippen LogP) is 5.65. The maximum absolute atomic E-state index is 14.9. The second-order valence-electron chi connectivity index (χ2n) is 7.85. The molecule has 1 saturated heterocycles. The van der Waals surface area contributed by atoms with Crippen LogP contribution in [0.25, 0.3) is 5.57 Å². The average Bonchev–Trinajstić information content (AvgIpc) is 3.21. The van der Waals surface area contributed by atoms with Crippen LogP contribution in [0.2, 0.25) is 0 Å². The lowest BCUT2D eigenvalue weighted by atomic mass is 10.1. The molecule has 2 aromatic rings. The molecule has 1 atom stereocenters. The van der Waals surface area contributed by atoms with E-state index in [9.17, 15) is 4.48 Å². The molecule has 0 aliphatic carbocycles. The Morgan fingerprint density at radius 1 is 1.10 bits per heavy atom. The van der Waals surface area contributed by atoms with Gasteiger partial charge in [-0.25, -0.2) is 4.98 Å². The van der Waals surface area contributed by atoms with E-state index in [4.69, 9.17) is 4.74 Å². The largest absolute Gasteiger partial charge is 0.381 e. The van der Waals surface area contributed by atoms with Crippen molar-refractivity contribution in [2.45, 2.75) is 34.1 Å². The van der Waals surface area contributed by atoms with Gasteiger partial charge in [-0.2, -0.15) is 5.12 Å². The van der Waals surface area contributed by atoms with Gasteiger partial charge in [0.25, 0.3) is 0 Å². The number of hydrogen-bond acceptors (Lipinski definition) is 4. The molecule has 1 fully saturated rings. The van der Waals surface area contributed by atoms with E-state index >= 15 is 0 Å². The molecule has 0 saturated carbocycles. The lowest BCUT2D eigenvalue weighted by molar-refractivity contribution is 0.181. The first kappa shape index (κ1) is 21.1. The molecule has 0 N–H and O–H groups in total. The minimum absolute atomic E-state index is 0.285. The summed E-state index contributed by atoms with van der Waals surface area (Å²) < 4.78 is 20.4. The number of aryl methyl sites for hydroxylation is 2. The van der Waals surface area contributed by atoms with Crippen molar-refractivity contribution in [1.29, 1.82) is 0 Å². The topological polar surface area (TPSA) is 28.6 Å². The Bertz CT molecular complexity index is 853. The van der Waals surface area contributed by atoms with Crippen LogP contribution in [0.1, 0.15) is 37.0 Å². The van der Waals surface area contributed by atoms with Crippen LogP contribution in [0.5, 0.6) is 0 Å². The van der Waals surface area contributed by atoms with Gasteiger partial charge < -0.3 is 9.64 Å². The molecule has 154 valence electrons. The highest BCUT2D eigenvalue weighted by Crippen LogP contribution is 2.22. The molecule has 29 heavy (non-hydrogen) atoms.